The minimum atomic E-state index is -0.145. The lowest BCUT2D eigenvalue weighted by Crippen LogP contribution is -2.38. The lowest BCUT2D eigenvalue weighted by atomic mass is 9.96. The summed E-state index contributed by atoms with van der Waals surface area (Å²) >= 11 is 0. The molecule has 0 spiro atoms. The van der Waals surface area contributed by atoms with E-state index >= 15 is 0 Å². The first-order valence-electron chi connectivity index (χ1n) is 11.4. The molecule has 0 atom stereocenters. The summed E-state index contributed by atoms with van der Waals surface area (Å²) in [5.74, 6) is 1.08. The number of oxazole rings is 1. The van der Waals surface area contributed by atoms with Crippen molar-refractivity contribution >= 4 is 23.4 Å². The third-order valence-corrected chi connectivity index (χ3v) is 6.24. The Labute approximate surface area is 188 Å². The van der Waals surface area contributed by atoms with Gasteiger partial charge in [-0.3, -0.25) is 14.4 Å². The normalized spacial score (nSPS) is 17.3. The zero-order valence-corrected chi connectivity index (χ0v) is 18.7. The molecule has 2 fully saturated rings. The molecule has 4 rings (SSSR count). The molecule has 1 aromatic heterocycles. The van der Waals surface area contributed by atoms with E-state index in [4.69, 9.17) is 4.42 Å². The van der Waals surface area contributed by atoms with Gasteiger partial charge in [0, 0.05) is 50.3 Å². The maximum atomic E-state index is 12.8. The van der Waals surface area contributed by atoms with E-state index in [1.165, 1.54) is 13.3 Å². The van der Waals surface area contributed by atoms with Crippen molar-refractivity contribution in [3.8, 4) is 0 Å². The fraction of sp³-hybridized carbons (Fsp3) is 0.500. The van der Waals surface area contributed by atoms with Crippen molar-refractivity contribution in [2.24, 2.45) is 0 Å². The molecule has 8 heteroatoms. The number of amides is 3. The van der Waals surface area contributed by atoms with Gasteiger partial charge in [0.15, 0.2) is 11.6 Å². The van der Waals surface area contributed by atoms with Crippen LogP contribution in [0, 0.1) is 6.92 Å². The Morgan fingerprint density at radius 2 is 1.56 bits per heavy atom. The summed E-state index contributed by atoms with van der Waals surface area (Å²) in [5.41, 5.74) is 1.69. The molecule has 2 aromatic rings. The molecule has 3 amide bonds. The second-order valence-corrected chi connectivity index (χ2v) is 8.63. The zero-order valence-electron chi connectivity index (χ0n) is 18.7. The van der Waals surface area contributed by atoms with Crippen LogP contribution in [0.25, 0.3) is 0 Å². The van der Waals surface area contributed by atoms with Crippen LogP contribution in [0.2, 0.25) is 0 Å². The fourth-order valence-electron chi connectivity index (χ4n) is 4.45. The number of nitrogens with zero attached hydrogens (tertiary/aromatic N) is 3. The standard InChI is InChI=1S/C24H30N4O4/c1-16-21(24(31)27-12-4-3-5-13-27)26-22(32-16)18-10-14-28(15-11-18)23(30)19-6-8-20(9-7-19)25-17(2)29/h6-9,18H,3-5,10-15H2,1-2H3,(H,25,29). The highest BCUT2D eigenvalue weighted by Gasteiger charge is 2.30. The predicted molar refractivity (Wildman–Crippen MR) is 120 cm³/mol. The maximum Gasteiger partial charge on any atom is 0.276 e. The van der Waals surface area contributed by atoms with Gasteiger partial charge in [-0.2, -0.15) is 0 Å². The molecule has 2 saturated heterocycles. The lowest BCUT2D eigenvalue weighted by Gasteiger charge is -2.30. The third kappa shape index (κ3) is 4.84. The SMILES string of the molecule is CC(=O)Nc1ccc(C(=O)N2CCC(c3nc(C(=O)N4CCCCC4)c(C)o3)CC2)cc1. The average molecular weight is 439 g/mol. The maximum absolute atomic E-state index is 12.8. The highest BCUT2D eigenvalue weighted by Crippen LogP contribution is 2.30. The predicted octanol–water partition coefficient (Wildman–Crippen LogP) is 3.59. The van der Waals surface area contributed by atoms with Crippen molar-refractivity contribution < 1.29 is 18.8 Å². The van der Waals surface area contributed by atoms with Crippen LogP contribution >= 0.6 is 0 Å². The van der Waals surface area contributed by atoms with Gasteiger partial charge in [-0.25, -0.2) is 4.98 Å². The number of hydrogen-bond donors (Lipinski definition) is 1. The number of benzene rings is 1. The van der Waals surface area contributed by atoms with Gasteiger partial charge in [0.1, 0.15) is 5.76 Å². The van der Waals surface area contributed by atoms with E-state index < -0.39 is 0 Å². The van der Waals surface area contributed by atoms with Crippen LogP contribution in [0.3, 0.4) is 0 Å². The average Bonchev–Trinajstić information content (AvgIpc) is 3.20. The first-order valence-corrected chi connectivity index (χ1v) is 11.4. The molecule has 32 heavy (non-hydrogen) atoms. The molecule has 0 unspecified atom stereocenters. The number of aryl methyl sites for hydroxylation is 1. The molecular weight excluding hydrogens is 408 g/mol. The van der Waals surface area contributed by atoms with Crippen molar-refractivity contribution in [1.29, 1.82) is 0 Å². The van der Waals surface area contributed by atoms with Crippen LogP contribution < -0.4 is 5.32 Å². The van der Waals surface area contributed by atoms with E-state index in [0.717, 1.165) is 38.8 Å². The van der Waals surface area contributed by atoms with Crippen molar-refractivity contribution in [3.05, 3.63) is 47.2 Å². The van der Waals surface area contributed by atoms with Gasteiger partial charge < -0.3 is 19.5 Å². The van der Waals surface area contributed by atoms with Gasteiger partial charge in [-0.1, -0.05) is 0 Å². The molecular formula is C24H30N4O4. The quantitative estimate of drug-likeness (QED) is 0.787. The molecule has 1 aromatic carbocycles. The van der Waals surface area contributed by atoms with Crippen molar-refractivity contribution in [2.45, 2.75) is 51.9 Å². The highest BCUT2D eigenvalue weighted by atomic mass is 16.4. The Balaban J connectivity index is 1.36. The molecule has 0 aliphatic carbocycles. The molecule has 2 aliphatic heterocycles. The largest absolute Gasteiger partial charge is 0.445 e. The summed E-state index contributed by atoms with van der Waals surface area (Å²) in [6.07, 6.45) is 4.74. The van der Waals surface area contributed by atoms with Crippen LogP contribution in [0.15, 0.2) is 28.7 Å². The number of carbonyl (C=O) groups is 3. The van der Waals surface area contributed by atoms with Crippen molar-refractivity contribution in [1.82, 2.24) is 14.8 Å². The number of anilines is 1. The number of nitrogens with one attached hydrogen (secondary N) is 1. The van der Waals surface area contributed by atoms with Crippen LogP contribution in [0.5, 0.6) is 0 Å². The molecule has 0 saturated carbocycles. The fourth-order valence-corrected chi connectivity index (χ4v) is 4.45. The first kappa shape index (κ1) is 22.0. The lowest BCUT2D eigenvalue weighted by molar-refractivity contribution is -0.114. The summed E-state index contributed by atoms with van der Waals surface area (Å²) in [7, 11) is 0. The summed E-state index contributed by atoms with van der Waals surface area (Å²) in [5, 5.41) is 2.70. The van der Waals surface area contributed by atoms with Crippen molar-refractivity contribution in [3.63, 3.8) is 0 Å². The number of rotatable bonds is 4. The molecule has 3 heterocycles. The summed E-state index contributed by atoms with van der Waals surface area (Å²) in [6.45, 7) is 6.03. The number of likely N-dealkylation sites (tertiary alicyclic amines) is 2. The van der Waals surface area contributed by atoms with E-state index in [1.807, 2.05) is 9.80 Å². The van der Waals surface area contributed by atoms with Gasteiger partial charge >= 0.3 is 0 Å². The van der Waals surface area contributed by atoms with Crippen LogP contribution in [-0.4, -0.2) is 58.7 Å². The van der Waals surface area contributed by atoms with Crippen LogP contribution in [-0.2, 0) is 4.79 Å². The number of aromatic nitrogens is 1. The Morgan fingerprint density at radius 1 is 0.938 bits per heavy atom. The Morgan fingerprint density at radius 3 is 2.19 bits per heavy atom. The minimum absolute atomic E-state index is 0.0256. The zero-order chi connectivity index (χ0) is 22.7. The Bertz CT molecular complexity index is 984. The molecule has 2 aliphatic rings. The molecule has 8 nitrogen and oxygen atoms in total. The molecule has 0 radical (unpaired) electrons. The van der Waals surface area contributed by atoms with E-state index in [9.17, 15) is 14.4 Å². The number of carbonyl (C=O) groups excluding carboxylic acids is 3. The van der Waals surface area contributed by atoms with Gasteiger partial charge in [0.25, 0.3) is 11.8 Å². The van der Waals surface area contributed by atoms with Crippen LogP contribution in [0.4, 0.5) is 5.69 Å². The van der Waals surface area contributed by atoms with Gasteiger partial charge in [-0.05, 0) is 63.3 Å². The smallest absolute Gasteiger partial charge is 0.276 e. The second-order valence-electron chi connectivity index (χ2n) is 8.63. The van der Waals surface area contributed by atoms with Gasteiger partial charge in [0.05, 0.1) is 0 Å². The number of piperidine rings is 2. The first-order chi connectivity index (χ1) is 15.4. The Kier molecular flexibility index (Phi) is 6.58. The summed E-state index contributed by atoms with van der Waals surface area (Å²) in [6, 6.07) is 6.93. The monoisotopic (exact) mass is 438 g/mol. The molecule has 170 valence electrons. The van der Waals surface area contributed by atoms with E-state index in [2.05, 4.69) is 10.3 Å². The topological polar surface area (TPSA) is 95.8 Å². The minimum Gasteiger partial charge on any atom is -0.445 e. The summed E-state index contributed by atoms with van der Waals surface area (Å²) in [4.78, 5) is 45.1. The summed E-state index contributed by atoms with van der Waals surface area (Å²) < 4.78 is 5.89. The van der Waals surface area contributed by atoms with Gasteiger partial charge in [-0.15, -0.1) is 0 Å². The molecule has 0 bridgehead atoms. The highest BCUT2D eigenvalue weighted by molar-refractivity contribution is 5.95. The van der Waals surface area contributed by atoms with E-state index in [1.54, 1.807) is 31.2 Å². The van der Waals surface area contributed by atoms with E-state index in [0.29, 0.717) is 41.7 Å². The molecule has 1 N–H and O–H groups in total. The van der Waals surface area contributed by atoms with Crippen molar-refractivity contribution in [2.75, 3.05) is 31.5 Å². The van der Waals surface area contributed by atoms with Gasteiger partial charge in [0.2, 0.25) is 5.91 Å². The second kappa shape index (κ2) is 9.54. The Hall–Kier alpha value is -3.16. The van der Waals surface area contributed by atoms with Crippen LogP contribution in [0.1, 0.15) is 77.4 Å². The third-order valence-electron chi connectivity index (χ3n) is 6.24. The number of hydrogen-bond acceptors (Lipinski definition) is 5. The van der Waals surface area contributed by atoms with E-state index in [-0.39, 0.29) is 23.6 Å².